The average Bonchev–Trinajstić information content (AvgIpc) is 3.00. The molecule has 2 rings (SSSR count). The minimum Gasteiger partial charge on any atom is -0.0840 e. The van der Waals surface area contributed by atoms with E-state index in [-0.39, 0.29) is 0 Å². The van der Waals surface area contributed by atoms with Crippen LogP contribution >= 0.6 is 11.6 Å². The normalized spacial score (nSPS) is 16.2. The van der Waals surface area contributed by atoms with Crippen LogP contribution in [0.4, 0.5) is 0 Å². The molecule has 0 aliphatic heterocycles. The second kappa shape index (κ2) is 4.41. The molecule has 16 heavy (non-hydrogen) atoms. The highest BCUT2D eigenvalue weighted by molar-refractivity contribution is 6.31. The molecule has 1 aromatic rings. The maximum Gasteiger partial charge on any atom is 0.0443 e. The van der Waals surface area contributed by atoms with Gasteiger partial charge < -0.3 is 0 Å². The summed E-state index contributed by atoms with van der Waals surface area (Å²) in [5.41, 5.74) is 4.33. The molecule has 0 atom stereocenters. The van der Waals surface area contributed by atoms with Crippen molar-refractivity contribution in [3.63, 3.8) is 0 Å². The Morgan fingerprint density at radius 2 is 1.56 bits per heavy atom. The number of benzene rings is 1. The molecule has 0 amide bonds. The van der Waals surface area contributed by atoms with Gasteiger partial charge in [0.15, 0.2) is 0 Å². The smallest absolute Gasteiger partial charge is 0.0443 e. The maximum absolute atomic E-state index is 6.37. The van der Waals surface area contributed by atoms with Crippen LogP contribution in [0.5, 0.6) is 0 Å². The summed E-state index contributed by atoms with van der Waals surface area (Å²) in [7, 11) is 0. The van der Waals surface area contributed by atoms with E-state index in [0.29, 0.717) is 11.8 Å². The van der Waals surface area contributed by atoms with Crippen LogP contribution in [0.3, 0.4) is 0 Å². The zero-order valence-corrected chi connectivity index (χ0v) is 11.4. The van der Waals surface area contributed by atoms with E-state index in [0.717, 1.165) is 10.9 Å². The summed E-state index contributed by atoms with van der Waals surface area (Å²) in [4.78, 5) is 0. The van der Waals surface area contributed by atoms with Crippen LogP contribution in [-0.2, 0) is 0 Å². The van der Waals surface area contributed by atoms with Crippen LogP contribution in [0.25, 0.3) is 0 Å². The lowest BCUT2D eigenvalue weighted by atomic mass is 9.90. The Morgan fingerprint density at radius 3 is 2.00 bits per heavy atom. The molecule has 1 aromatic carbocycles. The summed E-state index contributed by atoms with van der Waals surface area (Å²) in [6.45, 7) is 8.94. The molecule has 0 unspecified atom stereocenters. The van der Waals surface area contributed by atoms with Gasteiger partial charge >= 0.3 is 0 Å². The SMILES string of the molecule is CC(C)c1cc(C2CC2)c(C(C)C)cc1Cl. The first-order valence-electron chi connectivity index (χ1n) is 6.34. The first-order valence-corrected chi connectivity index (χ1v) is 6.71. The van der Waals surface area contributed by atoms with Crippen molar-refractivity contribution in [3.05, 3.63) is 33.8 Å². The Kier molecular flexibility index (Phi) is 3.30. The van der Waals surface area contributed by atoms with Crippen LogP contribution < -0.4 is 0 Å². The van der Waals surface area contributed by atoms with E-state index >= 15 is 0 Å². The molecule has 1 saturated carbocycles. The van der Waals surface area contributed by atoms with Crippen molar-refractivity contribution in [2.75, 3.05) is 0 Å². The Bertz CT molecular complexity index is 387. The average molecular weight is 237 g/mol. The summed E-state index contributed by atoms with van der Waals surface area (Å²) in [5, 5.41) is 0.947. The highest BCUT2D eigenvalue weighted by atomic mass is 35.5. The fourth-order valence-electron chi connectivity index (χ4n) is 2.31. The van der Waals surface area contributed by atoms with Crippen molar-refractivity contribution in [2.24, 2.45) is 0 Å². The van der Waals surface area contributed by atoms with Crippen LogP contribution in [0.2, 0.25) is 5.02 Å². The van der Waals surface area contributed by atoms with Gasteiger partial charge in [-0.3, -0.25) is 0 Å². The Labute approximate surface area is 104 Å². The molecule has 1 aliphatic carbocycles. The summed E-state index contributed by atoms with van der Waals surface area (Å²) < 4.78 is 0. The van der Waals surface area contributed by atoms with E-state index in [4.69, 9.17) is 11.6 Å². The molecule has 0 bridgehead atoms. The van der Waals surface area contributed by atoms with Crippen molar-refractivity contribution in [1.82, 2.24) is 0 Å². The lowest BCUT2D eigenvalue weighted by Crippen LogP contribution is -1.99. The lowest BCUT2D eigenvalue weighted by Gasteiger charge is -2.17. The molecule has 0 nitrogen and oxygen atoms in total. The van der Waals surface area contributed by atoms with Crippen molar-refractivity contribution >= 4 is 11.6 Å². The molecule has 88 valence electrons. The molecule has 0 saturated heterocycles. The summed E-state index contributed by atoms with van der Waals surface area (Å²) in [6, 6.07) is 4.56. The van der Waals surface area contributed by atoms with Gasteiger partial charge in [0.25, 0.3) is 0 Å². The Morgan fingerprint density at radius 1 is 1.00 bits per heavy atom. The van der Waals surface area contributed by atoms with Gasteiger partial charge in [-0.05, 0) is 53.4 Å². The quantitative estimate of drug-likeness (QED) is 0.653. The summed E-state index contributed by atoms with van der Waals surface area (Å²) in [5.74, 6) is 1.91. The van der Waals surface area contributed by atoms with Crippen molar-refractivity contribution in [2.45, 2.75) is 58.3 Å². The molecule has 0 aromatic heterocycles. The van der Waals surface area contributed by atoms with Gasteiger partial charge in [-0.1, -0.05) is 45.4 Å². The molecule has 1 aliphatic rings. The van der Waals surface area contributed by atoms with E-state index < -0.39 is 0 Å². The van der Waals surface area contributed by atoms with E-state index in [9.17, 15) is 0 Å². The maximum atomic E-state index is 6.37. The van der Waals surface area contributed by atoms with Crippen LogP contribution in [0.15, 0.2) is 12.1 Å². The van der Waals surface area contributed by atoms with E-state index in [1.54, 1.807) is 5.56 Å². The first-order chi connectivity index (χ1) is 7.50. The van der Waals surface area contributed by atoms with Crippen LogP contribution in [0, 0.1) is 0 Å². The topological polar surface area (TPSA) is 0 Å². The minimum atomic E-state index is 0.520. The number of hydrogen-bond acceptors (Lipinski definition) is 0. The lowest BCUT2D eigenvalue weighted by molar-refractivity contribution is 0.822. The molecular formula is C15H21Cl. The molecule has 1 fully saturated rings. The second-order valence-corrected chi connectivity index (χ2v) is 5.99. The highest BCUT2D eigenvalue weighted by Crippen LogP contribution is 2.45. The predicted molar refractivity (Wildman–Crippen MR) is 71.6 cm³/mol. The standard InChI is InChI=1S/C15H21Cl/c1-9(2)12-8-15(16)13(10(3)4)7-14(12)11-5-6-11/h7-11H,5-6H2,1-4H3. The minimum absolute atomic E-state index is 0.520. The van der Waals surface area contributed by atoms with Gasteiger partial charge in [-0.25, -0.2) is 0 Å². The predicted octanol–water partition coefficient (Wildman–Crippen LogP) is 5.46. The van der Waals surface area contributed by atoms with Gasteiger partial charge in [-0.2, -0.15) is 0 Å². The molecule has 1 heteroatoms. The summed E-state index contributed by atoms with van der Waals surface area (Å²) >= 11 is 6.37. The first kappa shape index (κ1) is 12.0. The molecule has 0 spiro atoms. The summed E-state index contributed by atoms with van der Waals surface area (Å²) in [6.07, 6.45) is 2.72. The van der Waals surface area contributed by atoms with E-state index in [2.05, 4.69) is 39.8 Å². The third-order valence-corrected chi connectivity index (χ3v) is 3.79. The van der Waals surface area contributed by atoms with Gasteiger partial charge in [0.05, 0.1) is 0 Å². The number of hydrogen-bond donors (Lipinski definition) is 0. The third kappa shape index (κ3) is 2.27. The Hall–Kier alpha value is -0.490. The van der Waals surface area contributed by atoms with E-state index in [1.807, 2.05) is 0 Å². The fourth-order valence-corrected chi connectivity index (χ4v) is 2.70. The molecule has 0 radical (unpaired) electrons. The number of halogens is 1. The van der Waals surface area contributed by atoms with Crippen molar-refractivity contribution in [1.29, 1.82) is 0 Å². The van der Waals surface area contributed by atoms with Gasteiger partial charge in [0, 0.05) is 5.02 Å². The second-order valence-electron chi connectivity index (χ2n) is 5.59. The highest BCUT2D eigenvalue weighted by Gasteiger charge is 2.28. The molecular weight excluding hydrogens is 216 g/mol. The van der Waals surface area contributed by atoms with Crippen LogP contribution in [0.1, 0.15) is 75.0 Å². The van der Waals surface area contributed by atoms with Crippen molar-refractivity contribution < 1.29 is 0 Å². The molecule has 0 N–H and O–H groups in total. The van der Waals surface area contributed by atoms with E-state index in [1.165, 1.54) is 24.0 Å². The Balaban J connectivity index is 2.50. The fraction of sp³-hybridized carbons (Fsp3) is 0.600. The molecule has 0 heterocycles. The zero-order chi connectivity index (χ0) is 11.9. The zero-order valence-electron chi connectivity index (χ0n) is 10.7. The van der Waals surface area contributed by atoms with Gasteiger partial charge in [0.1, 0.15) is 0 Å². The van der Waals surface area contributed by atoms with Gasteiger partial charge in [-0.15, -0.1) is 0 Å². The monoisotopic (exact) mass is 236 g/mol. The largest absolute Gasteiger partial charge is 0.0840 e. The van der Waals surface area contributed by atoms with Gasteiger partial charge in [0.2, 0.25) is 0 Å². The third-order valence-electron chi connectivity index (χ3n) is 3.46. The van der Waals surface area contributed by atoms with Crippen LogP contribution in [-0.4, -0.2) is 0 Å². The van der Waals surface area contributed by atoms with Crippen molar-refractivity contribution in [3.8, 4) is 0 Å². The number of rotatable bonds is 3.